The van der Waals surface area contributed by atoms with Gasteiger partial charge < -0.3 is 0 Å². The summed E-state index contributed by atoms with van der Waals surface area (Å²) >= 11 is 0. The summed E-state index contributed by atoms with van der Waals surface area (Å²) in [7, 11) is -3.24. The molecule has 0 aliphatic heterocycles. The summed E-state index contributed by atoms with van der Waals surface area (Å²) in [5.74, 6) is -0.0643. The highest BCUT2D eigenvalue weighted by molar-refractivity contribution is 7.91. The first-order valence-corrected chi connectivity index (χ1v) is 7.15. The first-order valence-electron chi connectivity index (χ1n) is 5.44. The van der Waals surface area contributed by atoms with Crippen LogP contribution < -0.4 is 0 Å². The van der Waals surface area contributed by atoms with E-state index in [9.17, 15) is 8.42 Å². The minimum absolute atomic E-state index is 0.0576. The average molecular weight is 252 g/mol. The van der Waals surface area contributed by atoms with Crippen LogP contribution in [0.25, 0.3) is 0 Å². The van der Waals surface area contributed by atoms with Gasteiger partial charge in [0.1, 0.15) is 11.8 Å². The Balaban J connectivity index is 3.03. The number of nitrogens with zero attached hydrogens (tertiary/aromatic N) is 2. The smallest absolute Gasteiger partial charge is 0.157 e. The number of rotatable bonds is 4. The van der Waals surface area contributed by atoms with E-state index in [1.54, 1.807) is 19.1 Å². The van der Waals surface area contributed by atoms with Crippen LogP contribution in [0.4, 0.5) is 0 Å². The third-order valence-corrected chi connectivity index (χ3v) is 5.25. The molecule has 4 nitrogen and oxygen atoms in total. The summed E-state index contributed by atoms with van der Waals surface area (Å²) in [5.41, 5.74) is 0.662. The Kier molecular flexibility index (Phi) is 4.24. The van der Waals surface area contributed by atoms with Crippen molar-refractivity contribution in [1.82, 2.24) is 4.98 Å². The van der Waals surface area contributed by atoms with Crippen molar-refractivity contribution in [2.75, 3.05) is 0 Å². The summed E-state index contributed by atoms with van der Waals surface area (Å²) in [6.07, 6.45) is 1.49. The average Bonchev–Trinajstić information content (AvgIpc) is 2.28. The van der Waals surface area contributed by atoms with Gasteiger partial charge in [-0.25, -0.2) is 13.4 Å². The predicted octanol–water partition coefficient (Wildman–Crippen LogP) is 1.91. The normalized spacial score (nSPS) is 13.4. The second-order valence-electron chi connectivity index (χ2n) is 4.38. The molecule has 0 spiro atoms. The van der Waals surface area contributed by atoms with E-state index in [4.69, 9.17) is 5.26 Å². The fourth-order valence-corrected chi connectivity index (χ4v) is 3.18. The van der Waals surface area contributed by atoms with Crippen LogP contribution in [0.15, 0.2) is 18.3 Å². The van der Waals surface area contributed by atoms with Crippen molar-refractivity contribution in [3.63, 3.8) is 0 Å². The molecule has 0 N–H and O–H groups in total. The Labute approximate surface area is 102 Å². The van der Waals surface area contributed by atoms with Gasteiger partial charge in [-0.1, -0.05) is 19.9 Å². The Hall–Kier alpha value is -1.41. The highest BCUT2D eigenvalue weighted by Crippen LogP contribution is 2.18. The fraction of sp³-hybridized carbons (Fsp3) is 0.500. The molecular formula is C12H16N2O2S. The monoisotopic (exact) mass is 252 g/mol. The van der Waals surface area contributed by atoms with E-state index < -0.39 is 15.1 Å². The molecule has 0 radical (unpaired) electrons. The molecule has 1 heterocycles. The fourth-order valence-electron chi connectivity index (χ4n) is 1.42. The number of hydrogen-bond donors (Lipinski definition) is 0. The lowest BCUT2D eigenvalue weighted by atomic mass is 10.2. The first kappa shape index (κ1) is 13.7. The summed E-state index contributed by atoms with van der Waals surface area (Å²) in [6.45, 7) is 5.44. The summed E-state index contributed by atoms with van der Waals surface area (Å²) in [4.78, 5) is 3.86. The van der Waals surface area contributed by atoms with Gasteiger partial charge >= 0.3 is 0 Å². The zero-order valence-electron chi connectivity index (χ0n) is 10.2. The molecule has 92 valence electrons. The van der Waals surface area contributed by atoms with E-state index in [1.807, 2.05) is 19.9 Å². The van der Waals surface area contributed by atoms with Crippen molar-refractivity contribution in [2.24, 2.45) is 5.92 Å². The molecule has 1 atom stereocenters. The second kappa shape index (κ2) is 5.28. The largest absolute Gasteiger partial charge is 0.245 e. The maximum Gasteiger partial charge on any atom is 0.157 e. The summed E-state index contributed by atoms with van der Waals surface area (Å²) in [6, 6.07) is 5.19. The number of sulfone groups is 1. The number of aromatic nitrogens is 1. The van der Waals surface area contributed by atoms with Crippen LogP contribution in [0.2, 0.25) is 0 Å². The quantitative estimate of drug-likeness (QED) is 0.820. The molecule has 0 aromatic carbocycles. The molecule has 0 bridgehead atoms. The van der Waals surface area contributed by atoms with Crippen LogP contribution >= 0.6 is 0 Å². The van der Waals surface area contributed by atoms with Crippen LogP contribution in [0.1, 0.15) is 32.0 Å². The van der Waals surface area contributed by atoms with E-state index in [1.165, 1.54) is 6.20 Å². The van der Waals surface area contributed by atoms with Crippen LogP contribution in [-0.2, 0) is 15.6 Å². The lowest BCUT2D eigenvalue weighted by molar-refractivity contribution is 0.545. The Morgan fingerprint density at radius 2 is 2.06 bits per heavy atom. The van der Waals surface area contributed by atoms with Gasteiger partial charge in [0, 0.05) is 11.8 Å². The van der Waals surface area contributed by atoms with Gasteiger partial charge in [0.25, 0.3) is 0 Å². The number of nitriles is 1. The molecule has 0 saturated carbocycles. The van der Waals surface area contributed by atoms with Crippen molar-refractivity contribution >= 4 is 9.84 Å². The Morgan fingerprint density at radius 1 is 1.41 bits per heavy atom. The molecule has 0 aliphatic carbocycles. The SMILES string of the molecule is CC(C)C(C)S(=O)(=O)Cc1cccnc1C#N. The van der Waals surface area contributed by atoms with Crippen LogP contribution in [0.3, 0.4) is 0 Å². The van der Waals surface area contributed by atoms with E-state index in [2.05, 4.69) is 4.98 Å². The van der Waals surface area contributed by atoms with E-state index in [0.29, 0.717) is 5.56 Å². The summed E-state index contributed by atoms with van der Waals surface area (Å²) in [5, 5.41) is 8.43. The highest BCUT2D eigenvalue weighted by Gasteiger charge is 2.25. The second-order valence-corrected chi connectivity index (χ2v) is 6.74. The van der Waals surface area contributed by atoms with Crippen molar-refractivity contribution in [1.29, 1.82) is 5.26 Å². The molecule has 1 unspecified atom stereocenters. The molecule has 5 heteroatoms. The molecule has 1 aromatic rings. The number of pyridine rings is 1. The first-order chi connectivity index (χ1) is 7.88. The van der Waals surface area contributed by atoms with Gasteiger partial charge in [-0.15, -0.1) is 0 Å². The van der Waals surface area contributed by atoms with E-state index in [-0.39, 0.29) is 17.4 Å². The van der Waals surface area contributed by atoms with Gasteiger partial charge in [-0.2, -0.15) is 5.26 Å². The third kappa shape index (κ3) is 3.27. The van der Waals surface area contributed by atoms with Gasteiger partial charge in [0.05, 0.1) is 11.0 Å². The molecule has 1 rings (SSSR count). The number of hydrogen-bond acceptors (Lipinski definition) is 4. The maximum atomic E-state index is 12.1. The molecule has 0 amide bonds. The third-order valence-electron chi connectivity index (χ3n) is 2.86. The molecule has 1 aromatic heterocycles. The molecular weight excluding hydrogens is 236 g/mol. The standard InChI is InChI=1S/C12H16N2O2S/c1-9(2)10(3)17(15,16)8-11-5-4-6-14-12(11)7-13/h4-6,9-10H,8H2,1-3H3. The maximum absolute atomic E-state index is 12.1. The van der Waals surface area contributed by atoms with Crippen molar-refractivity contribution in [2.45, 2.75) is 31.8 Å². The Bertz CT molecular complexity index is 530. The summed E-state index contributed by atoms with van der Waals surface area (Å²) < 4.78 is 24.1. The van der Waals surface area contributed by atoms with E-state index >= 15 is 0 Å². The van der Waals surface area contributed by atoms with E-state index in [0.717, 1.165) is 0 Å². The van der Waals surface area contributed by atoms with Gasteiger partial charge in [0.2, 0.25) is 0 Å². The lowest BCUT2D eigenvalue weighted by Crippen LogP contribution is -2.25. The van der Waals surface area contributed by atoms with Gasteiger partial charge in [0.15, 0.2) is 9.84 Å². The van der Waals surface area contributed by atoms with Crippen molar-refractivity contribution in [3.8, 4) is 6.07 Å². The van der Waals surface area contributed by atoms with Crippen LogP contribution in [0, 0.1) is 17.2 Å². The van der Waals surface area contributed by atoms with Crippen molar-refractivity contribution in [3.05, 3.63) is 29.6 Å². The van der Waals surface area contributed by atoms with Crippen molar-refractivity contribution < 1.29 is 8.42 Å². The molecule has 0 aliphatic rings. The van der Waals surface area contributed by atoms with Crippen LogP contribution in [-0.4, -0.2) is 18.7 Å². The molecule has 0 saturated heterocycles. The van der Waals surface area contributed by atoms with Gasteiger partial charge in [-0.05, 0) is 18.9 Å². The Morgan fingerprint density at radius 3 is 2.59 bits per heavy atom. The lowest BCUT2D eigenvalue weighted by Gasteiger charge is -2.16. The zero-order chi connectivity index (χ0) is 13.1. The topological polar surface area (TPSA) is 70.8 Å². The molecule has 17 heavy (non-hydrogen) atoms. The predicted molar refractivity (Wildman–Crippen MR) is 65.9 cm³/mol. The zero-order valence-corrected chi connectivity index (χ0v) is 11.0. The minimum Gasteiger partial charge on any atom is -0.245 e. The molecule has 0 fully saturated rings. The minimum atomic E-state index is -3.24. The van der Waals surface area contributed by atoms with Crippen LogP contribution in [0.5, 0.6) is 0 Å². The van der Waals surface area contributed by atoms with Gasteiger partial charge in [-0.3, -0.25) is 0 Å². The highest BCUT2D eigenvalue weighted by atomic mass is 32.2.